The molecule has 0 bridgehead atoms. The Morgan fingerprint density at radius 2 is 1.83 bits per heavy atom. The van der Waals surface area contributed by atoms with Crippen molar-refractivity contribution in [3.63, 3.8) is 0 Å². The summed E-state index contributed by atoms with van der Waals surface area (Å²) in [5, 5.41) is 9.03. The molecule has 1 aromatic heterocycles. The van der Waals surface area contributed by atoms with E-state index in [4.69, 9.17) is 10.00 Å². The molecule has 18 heavy (non-hydrogen) atoms. The van der Waals surface area contributed by atoms with Gasteiger partial charge in [-0.3, -0.25) is 4.98 Å². The van der Waals surface area contributed by atoms with Crippen molar-refractivity contribution in [2.75, 3.05) is 0 Å². The Kier molecular flexibility index (Phi) is 3.67. The molecule has 0 saturated heterocycles. The Bertz CT molecular complexity index is 561. The third-order valence-electron chi connectivity index (χ3n) is 2.36. The highest BCUT2D eigenvalue weighted by atomic mass is 16.5. The van der Waals surface area contributed by atoms with Gasteiger partial charge in [-0.1, -0.05) is 18.2 Å². The van der Waals surface area contributed by atoms with Crippen molar-refractivity contribution in [3.05, 3.63) is 66.0 Å². The SMILES string of the molecule is N#C[C@H](OC(=O)c1ccccc1)c1ccncc1. The Labute approximate surface area is 104 Å². The summed E-state index contributed by atoms with van der Waals surface area (Å²) in [6, 6.07) is 13.8. The van der Waals surface area contributed by atoms with Gasteiger partial charge in [0.2, 0.25) is 6.10 Å². The minimum Gasteiger partial charge on any atom is -0.438 e. The minimum absolute atomic E-state index is 0.423. The van der Waals surface area contributed by atoms with Gasteiger partial charge in [-0.2, -0.15) is 5.26 Å². The van der Waals surface area contributed by atoms with Gasteiger partial charge in [-0.05, 0) is 24.3 Å². The largest absolute Gasteiger partial charge is 0.438 e. The molecule has 0 saturated carbocycles. The molecule has 0 spiro atoms. The summed E-state index contributed by atoms with van der Waals surface area (Å²) in [6.45, 7) is 0. The number of carbonyl (C=O) groups excluding carboxylic acids is 1. The van der Waals surface area contributed by atoms with Crippen molar-refractivity contribution in [1.82, 2.24) is 4.98 Å². The summed E-state index contributed by atoms with van der Waals surface area (Å²) >= 11 is 0. The maximum absolute atomic E-state index is 11.8. The quantitative estimate of drug-likeness (QED) is 0.771. The monoisotopic (exact) mass is 238 g/mol. The zero-order valence-corrected chi connectivity index (χ0v) is 9.48. The van der Waals surface area contributed by atoms with E-state index < -0.39 is 12.1 Å². The molecule has 1 atom stereocenters. The van der Waals surface area contributed by atoms with Crippen molar-refractivity contribution in [2.45, 2.75) is 6.10 Å². The maximum atomic E-state index is 11.8. The van der Waals surface area contributed by atoms with Crippen molar-refractivity contribution >= 4 is 5.97 Å². The molecule has 0 fully saturated rings. The number of benzene rings is 1. The van der Waals surface area contributed by atoms with Gasteiger partial charge in [0.1, 0.15) is 6.07 Å². The lowest BCUT2D eigenvalue weighted by atomic mass is 10.1. The van der Waals surface area contributed by atoms with Crippen LogP contribution < -0.4 is 0 Å². The van der Waals surface area contributed by atoms with Crippen molar-refractivity contribution in [3.8, 4) is 6.07 Å². The lowest BCUT2D eigenvalue weighted by molar-refractivity contribution is 0.0404. The molecule has 4 heteroatoms. The van der Waals surface area contributed by atoms with Crippen LogP contribution in [0, 0.1) is 11.3 Å². The van der Waals surface area contributed by atoms with Gasteiger partial charge in [0, 0.05) is 18.0 Å². The number of hydrogen-bond donors (Lipinski definition) is 0. The summed E-state index contributed by atoms with van der Waals surface area (Å²) in [6.07, 6.45) is 2.19. The van der Waals surface area contributed by atoms with E-state index >= 15 is 0 Å². The molecule has 0 aliphatic heterocycles. The Hall–Kier alpha value is -2.67. The third-order valence-corrected chi connectivity index (χ3v) is 2.36. The van der Waals surface area contributed by atoms with E-state index in [2.05, 4.69) is 4.98 Å². The predicted molar refractivity (Wildman–Crippen MR) is 64.4 cm³/mol. The van der Waals surface area contributed by atoms with E-state index in [-0.39, 0.29) is 0 Å². The first-order chi connectivity index (χ1) is 8.81. The fourth-order valence-electron chi connectivity index (χ4n) is 1.46. The summed E-state index contributed by atoms with van der Waals surface area (Å²) in [5.41, 5.74) is 1.03. The van der Waals surface area contributed by atoms with E-state index in [1.165, 1.54) is 0 Å². The average molecular weight is 238 g/mol. The molecule has 0 radical (unpaired) electrons. The van der Waals surface area contributed by atoms with E-state index in [1.54, 1.807) is 54.9 Å². The van der Waals surface area contributed by atoms with Crippen LogP contribution in [0.5, 0.6) is 0 Å². The second kappa shape index (κ2) is 5.60. The number of carbonyl (C=O) groups is 1. The molecule has 2 rings (SSSR count). The van der Waals surface area contributed by atoms with E-state index in [0.29, 0.717) is 11.1 Å². The molecule has 0 N–H and O–H groups in total. The Balaban J connectivity index is 2.14. The fourth-order valence-corrected chi connectivity index (χ4v) is 1.46. The van der Waals surface area contributed by atoms with Crippen molar-refractivity contribution in [2.24, 2.45) is 0 Å². The van der Waals surface area contributed by atoms with E-state index in [1.807, 2.05) is 6.07 Å². The third kappa shape index (κ3) is 2.71. The minimum atomic E-state index is -0.916. The average Bonchev–Trinajstić information content (AvgIpc) is 2.46. The number of nitriles is 1. The number of pyridine rings is 1. The molecule has 88 valence electrons. The van der Waals surface area contributed by atoms with Gasteiger partial charge in [0.05, 0.1) is 5.56 Å². The molecular weight excluding hydrogens is 228 g/mol. The zero-order valence-electron chi connectivity index (χ0n) is 9.48. The number of esters is 1. The summed E-state index contributed by atoms with van der Waals surface area (Å²) in [7, 11) is 0. The highest BCUT2D eigenvalue weighted by Gasteiger charge is 2.16. The fraction of sp³-hybridized carbons (Fsp3) is 0.0714. The van der Waals surface area contributed by atoms with Gasteiger partial charge in [0.15, 0.2) is 0 Å². The molecule has 0 aliphatic rings. The van der Waals surface area contributed by atoms with Crippen molar-refractivity contribution in [1.29, 1.82) is 5.26 Å². The van der Waals surface area contributed by atoms with Crippen LogP contribution >= 0.6 is 0 Å². The van der Waals surface area contributed by atoms with Gasteiger partial charge in [-0.15, -0.1) is 0 Å². The van der Waals surface area contributed by atoms with Gasteiger partial charge < -0.3 is 4.74 Å². The number of hydrogen-bond acceptors (Lipinski definition) is 4. The number of ether oxygens (including phenoxy) is 1. The topological polar surface area (TPSA) is 63.0 Å². The lowest BCUT2D eigenvalue weighted by Gasteiger charge is -2.10. The molecule has 0 unspecified atom stereocenters. The second-order valence-corrected chi connectivity index (χ2v) is 3.56. The Morgan fingerprint density at radius 1 is 1.17 bits per heavy atom. The first-order valence-corrected chi connectivity index (χ1v) is 5.37. The molecule has 4 nitrogen and oxygen atoms in total. The Morgan fingerprint density at radius 3 is 2.44 bits per heavy atom. The van der Waals surface area contributed by atoms with Crippen LogP contribution in [0.3, 0.4) is 0 Å². The standard InChI is InChI=1S/C14H10N2O2/c15-10-13(11-6-8-16-9-7-11)18-14(17)12-4-2-1-3-5-12/h1-9,13H/t13-/m0/s1. The van der Waals surface area contributed by atoms with Crippen LogP contribution in [0.1, 0.15) is 22.0 Å². The predicted octanol–water partition coefficient (Wildman–Crippen LogP) is 2.50. The van der Waals surface area contributed by atoms with Crippen LogP contribution in [-0.2, 0) is 4.74 Å². The number of aromatic nitrogens is 1. The number of rotatable bonds is 3. The molecule has 2 aromatic rings. The maximum Gasteiger partial charge on any atom is 0.339 e. The van der Waals surface area contributed by atoms with Crippen LogP contribution in [0.15, 0.2) is 54.9 Å². The molecule has 1 heterocycles. The summed E-state index contributed by atoms with van der Waals surface area (Å²) < 4.78 is 5.14. The van der Waals surface area contributed by atoms with Crippen LogP contribution in [0.25, 0.3) is 0 Å². The van der Waals surface area contributed by atoms with Crippen molar-refractivity contribution < 1.29 is 9.53 Å². The van der Waals surface area contributed by atoms with Crippen LogP contribution in [-0.4, -0.2) is 11.0 Å². The van der Waals surface area contributed by atoms with Crippen LogP contribution in [0.4, 0.5) is 0 Å². The number of nitrogens with zero attached hydrogens (tertiary/aromatic N) is 2. The van der Waals surface area contributed by atoms with E-state index in [0.717, 1.165) is 0 Å². The summed E-state index contributed by atoms with van der Waals surface area (Å²) in [4.78, 5) is 15.6. The first-order valence-electron chi connectivity index (χ1n) is 5.37. The van der Waals surface area contributed by atoms with Gasteiger partial charge in [-0.25, -0.2) is 4.79 Å². The molecule has 0 amide bonds. The molecule has 1 aromatic carbocycles. The van der Waals surface area contributed by atoms with Gasteiger partial charge >= 0.3 is 5.97 Å². The highest BCUT2D eigenvalue weighted by Crippen LogP contribution is 2.17. The summed E-state index contributed by atoms with van der Waals surface area (Å²) in [5.74, 6) is -0.515. The normalized spacial score (nSPS) is 11.3. The van der Waals surface area contributed by atoms with Crippen LogP contribution in [0.2, 0.25) is 0 Å². The zero-order chi connectivity index (χ0) is 12.8. The first kappa shape index (κ1) is 11.8. The second-order valence-electron chi connectivity index (χ2n) is 3.56. The lowest BCUT2D eigenvalue weighted by Crippen LogP contribution is -2.10. The molecular formula is C14H10N2O2. The van der Waals surface area contributed by atoms with E-state index in [9.17, 15) is 4.79 Å². The van der Waals surface area contributed by atoms with Gasteiger partial charge in [0.25, 0.3) is 0 Å². The highest BCUT2D eigenvalue weighted by molar-refractivity contribution is 5.89. The molecule has 0 aliphatic carbocycles. The smallest absolute Gasteiger partial charge is 0.339 e.